The van der Waals surface area contributed by atoms with E-state index in [4.69, 9.17) is 4.74 Å². The summed E-state index contributed by atoms with van der Waals surface area (Å²) >= 11 is 1.69. The summed E-state index contributed by atoms with van der Waals surface area (Å²) in [7, 11) is 0. The molecule has 1 N–H and O–H groups in total. The molecule has 4 heteroatoms. The third kappa shape index (κ3) is 4.25. The SMILES string of the molecule is C[C@H](O)c1ccc(OCCSc2ccccc2)cc1F. The Kier molecular flexibility index (Phi) is 5.44. The van der Waals surface area contributed by atoms with Gasteiger partial charge in [0.1, 0.15) is 11.6 Å². The van der Waals surface area contributed by atoms with Crippen molar-refractivity contribution in [2.75, 3.05) is 12.4 Å². The van der Waals surface area contributed by atoms with Crippen LogP contribution in [0, 0.1) is 5.82 Å². The van der Waals surface area contributed by atoms with Gasteiger partial charge in [-0.15, -0.1) is 11.8 Å². The number of hydrogen-bond acceptors (Lipinski definition) is 3. The molecule has 0 aromatic heterocycles. The van der Waals surface area contributed by atoms with Crippen LogP contribution in [0.1, 0.15) is 18.6 Å². The van der Waals surface area contributed by atoms with Crippen LogP contribution in [0.25, 0.3) is 0 Å². The zero-order valence-electron chi connectivity index (χ0n) is 11.3. The van der Waals surface area contributed by atoms with Crippen molar-refractivity contribution in [1.29, 1.82) is 0 Å². The van der Waals surface area contributed by atoms with Crippen LogP contribution in [0.3, 0.4) is 0 Å². The topological polar surface area (TPSA) is 29.5 Å². The van der Waals surface area contributed by atoms with Gasteiger partial charge in [0.2, 0.25) is 0 Å². The van der Waals surface area contributed by atoms with Crippen LogP contribution in [0.4, 0.5) is 4.39 Å². The smallest absolute Gasteiger partial charge is 0.132 e. The lowest BCUT2D eigenvalue weighted by Gasteiger charge is -2.10. The van der Waals surface area contributed by atoms with E-state index in [2.05, 4.69) is 0 Å². The Bertz CT molecular complexity index is 543. The summed E-state index contributed by atoms with van der Waals surface area (Å²) in [5.74, 6) is 0.845. The fraction of sp³-hybridized carbons (Fsp3) is 0.250. The second-order valence-corrected chi connectivity index (χ2v) is 5.54. The molecule has 0 spiro atoms. The third-order valence-corrected chi connectivity index (χ3v) is 3.76. The van der Waals surface area contributed by atoms with Gasteiger partial charge in [0.15, 0.2) is 0 Å². The molecule has 0 aliphatic heterocycles. The van der Waals surface area contributed by atoms with E-state index in [1.165, 1.54) is 17.9 Å². The summed E-state index contributed by atoms with van der Waals surface area (Å²) in [6.07, 6.45) is -0.808. The highest BCUT2D eigenvalue weighted by Crippen LogP contribution is 2.22. The number of benzene rings is 2. The van der Waals surface area contributed by atoms with Gasteiger partial charge in [-0.2, -0.15) is 0 Å². The molecule has 2 rings (SSSR count). The van der Waals surface area contributed by atoms with Crippen LogP contribution >= 0.6 is 11.8 Å². The van der Waals surface area contributed by atoms with Crippen LogP contribution in [0.15, 0.2) is 53.4 Å². The van der Waals surface area contributed by atoms with Crippen molar-refractivity contribution in [2.45, 2.75) is 17.9 Å². The molecule has 0 heterocycles. The highest BCUT2D eigenvalue weighted by Gasteiger charge is 2.08. The number of aliphatic hydroxyl groups is 1. The predicted molar refractivity (Wildman–Crippen MR) is 79.7 cm³/mol. The predicted octanol–water partition coefficient (Wildman–Crippen LogP) is 4.05. The molecule has 0 aliphatic carbocycles. The Morgan fingerprint density at radius 2 is 1.95 bits per heavy atom. The molecule has 2 nitrogen and oxygen atoms in total. The lowest BCUT2D eigenvalue weighted by atomic mass is 10.1. The highest BCUT2D eigenvalue weighted by atomic mass is 32.2. The zero-order chi connectivity index (χ0) is 14.4. The highest BCUT2D eigenvalue weighted by molar-refractivity contribution is 7.99. The zero-order valence-corrected chi connectivity index (χ0v) is 12.1. The first-order valence-electron chi connectivity index (χ1n) is 6.45. The maximum atomic E-state index is 13.6. The Balaban J connectivity index is 1.81. The number of aliphatic hydroxyl groups excluding tert-OH is 1. The number of rotatable bonds is 6. The lowest BCUT2D eigenvalue weighted by molar-refractivity contribution is 0.194. The molecule has 2 aromatic rings. The molecule has 0 amide bonds. The average Bonchev–Trinajstić information content (AvgIpc) is 2.44. The summed E-state index contributed by atoms with van der Waals surface area (Å²) in [6.45, 7) is 2.04. The Hall–Kier alpha value is -1.52. The van der Waals surface area contributed by atoms with E-state index in [0.717, 1.165) is 5.75 Å². The quantitative estimate of drug-likeness (QED) is 0.643. The number of halogens is 1. The van der Waals surface area contributed by atoms with E-state index in [-0.39, 0.29) is 5.56 Å². The van der Waals surface area contributed by atoms with Gasteiger partial charge >= 0.3 is 0 Å². The standard InChI is InChI=1S/C16H17FO2S/c1-12(18)15-8-7-13(11-16(15)17)19-9-10-20-14-5-3-2-4-6-14/h2-8,11-12,18H,9-10H2,1H3/t12-/m0/s1. The molecule has 0 unspecified atom stereocenters. The van der Waals surface area contributed by atoms with E-state index in [1.54, 1.807) is 23.9 Å². The van der Waals surface area contributed by atoms with Gasteiger partial charge in [-0.25, -0.2) is 4.39 Å². The Labute approximate surface area is 122 Å². The van der Waals surface area contributed by atoms with E-state index in [1.807, 2.05) is 30.3 Å². The molecule has 0 fully saturated rings. The molecule has 0 saturated carbocycles. The van der Waals surface area contributed by atoms with Crippen LogP contribution in [0.2, 0.25) is 0 Å². The van der Waals surface area contributed by atoms with Crippen molar-refractivity contribution in [1.82, 2.24) is 0 Å². The number of thioether (sulfide) groups is 1. The van der Waals surface area contributed by atoms with Crippen molar-refractivity contribution in [2.24, 2.45) is 0 Å². The second-order valence-electron chi connectivity index (χ2n) is 4.37. The largest absolute Gasteiger partial charge is 0.493 e. The van der Waals surface area contributed by atoms with Gasteiger partial charge in [0.25, 0.3) is 0 Å². The van der Waals surface area contributed by atoms with Gasteiger partial charge in [-0.3, -0.25) is 0 Å². The van der Waals surface area contributed by atoms with E-state index >= 15 is 0 Å². The van der Waals surface area contributed by atoms with Crippen LogP contribution < -0.4 is 4.74 Å². The normalized spacial score (nSPS) is 12.2. The molecule has 0 aliphatic rings. The van der Waals surface area contributed by atoms with E-state index in [9.17, 15) is 9.50 Å². The Morgan fingerprint density at radius 3 is 2.60 bits per heavy atom. The minimum absolute atomic E-state index is 0.288. The molecule has 0 saturated heterocycles. The van der Waals surface area contributed by atoms with E-state index in [0.29, 0.717) is 12.4 Å². The molecular formula is C16H17FO2S. The summed E-state index contributed by atoms with van der Waals surface area (Å²) < 4.78 is 19.1. The molecular weight excluding hydrogens is 275 g/mol. The van der Waals surface area contributed by atoms with Crippen molar-refractivity contribution in [3.63, 3.8) is 0 Å². The molecule has 0 bridgehead atoms. The minimum atomic E-state index is -0.808. The van der Waals surface area contributed by atoms with Gasteiger partial charge in [0, 0.05) is 22.3 Å². The maximum Gasteiger partial charge on any atom is 0.132 e. The third-order valence-electron chi connectivity index (χ3n) is 2.79. The summed E-state index contributed by atoms with van der Waals surface area (Å²) in [6, 6.07) is 14.6. The molecule has 20 heavy (non-hydrogen) atoms. The van der Waals surface area contributed by atoms with Crippen molar-refractivity contribution >= 4 is 11.8 Å². The summed E-state index contributed by atoms with van der Waals surface area (Å²) in [5, 5.41) is 9.35. The van der Waals surface area contributed by atoms with Crippen molar-refractivity contribution in [3.05, 3.63) is 59.9 Å². The van der Waals surface area contributed by atoms with E-state index < -0.39 is 11.9 Å². The lowest BCUT2D eigenvalue weighted by Crippen LogP contribution is -2.02. The molecule has 0 radical (unpaired) electrons. The Morgan fingerprint density at radius 1 is 1.20 bits per heavy atom. The second kappa shape index (κ2) is 7.31. The number of hydrogen-bond donors (Lipinski definition) is 1. The maximum absolute atomic E-state index is 13.6. The molecule has 2 aromatic carbocycles. The van der Waals surface area contributed by atoms with Gasteiger partial charge in [-0.1, -0.05) is 18.2 Å². The monoisotopic (exact) mass is 292 g/mol. The number of ether oxygens (including phenoxy) is 1. The minimum Gasteiger partial charge on any atom is -0.493 e. The van der Waals surface area contributed by atoms with Crippen LogP contribution in [-0.2, 0) is 0 Å². The fourth-order valence-corrected chi connectivity index (χ4v) is 2.52. The first-order chi connectivity index (χ1) is 9.66. The molecule has 1 atom stereocenters. The fourth-order valence-electron chi connectivity index (χ4n) is 1.77. The summed E-state index contributed by atoms with van der Waals surface area (Å²) in [4.78, 5) is 1.19. The van der Waals surface area contributed by atoms with Crippen LogP contribution in [-0.4, -0.2) is 17.5 Å². The van der Waals surface area contributed by atoms with Gasteiger partial charge in [-0.05, 0) is 31.2 Å². The first-order valence-corrected chi connectivity index (χ1v) is 7.43. The average molecular weight is 292 g/mol. The van der Waals surface area contributed by atoms with Crippen LogP contribution in [0.5, 0.6) is 5.75 Å². The van der Waals surface area contributed by atoms with Crippen molar-refractivity contribution in [3.8, 4) is 5.75 Å². The van der Waals surface area contributed by atoms with Gasteiger partial charge in [0.05, 0.1) is 12.7 Å². The summed E-state index contributed by atoms with van der Waals surface area (Å²) in [5.41, 5.74) is 0.288. The molecule has 106 valence electrons. The first kappa shape index (κ1) is 14.9. The van der Waals surface area contributed by atoms with Gasteiger partial charge < -0.3 is 9.84 Å². The van der Waals surface area contributed by atoms with Crippen molar-refractivity contribution < 1.29 is 14.2 Å².